The van der Waals surface area contributed by atoms with Gasteiger partial charge in [-0.15, -0.1) is 0 Å². The number of anilines is 1. The quantitative estimate of drug-likeness (QED) is 0.297. The van der Waals surface area contributed by atoms with Crippen LogP contribution in [0.4, 0.5) is 5.69 Å². The maximum Gasteiger partial charge on any atom is 0.266 e. The maximum absolute atomic E-state index is 12.3. The Balaban J connectivity index is 1.80. The van der Waals surface area contributed by atoms with E-state index in [4.69, 9.17) is 16.0 Å². The van der Waals surface area contributed by atoms with Gasteiger partial charge >= 0.3 is 0 Å². The topological polar surface area (TPSA) is 66.0 Å². The van der Waals surface area contributed by atoms with Gasteiger partial charge in [-0.2, -0.15) is 5.26 Å². The Morgan fingerprint density at radius 1 is 1.15 bits per heavy atom. The Morgan fingerprint density at radius 2 is 1.92 bits per heavy atom. The fraction of sp³-hybridized carbons (Fsp3) is 0. The molecular formula is C20H12ClIN2O2. The molecule has 0 bridgehead atoms. The third-order valence-corrected chi connectivity index (χ3v) is 4.44. The van der Waals surface area contributed by atoms with Gasteiger partial charge in [-0.3, -0.25) is 4.79 Å². The second kappa shape index (κ2) is 8.21. The number of nitriles is 1. The number of nitrogens with one attached hydrogen (secondary N) is 1. The number of nitrogens with zero attached hydrogens (tertiary/aromatic N) is 1. The molecule has 6 heteroatoms. The van der Waals surface area contributed by atoms with Gasteiger partial charge in [-0.1, -0.05) is 23.7 Å². The Bertz CT molecular complexity index is 1020. The summed E-state index contributed by atoms with van der Waals surface area (Å²) in [7, 11) is 0. The predicted molar refractivity (Wildman–Crippen MR) is 111 cm³/mol. The average Bonchev–Trinajstić information content (AvgIpc) is 3.10. The highest BCUT2D eigenvalue weighted by Crippen LogP contribution is 2.25. The van der Waals surface area contributed by atoms with E-state index in [1.807, 2.05) is 30.3 Å². The Labute approximate surface area is 169 Å². The van der Waals surface area contributed by atoms with Crippen molar-refractivity contribution >= 4 is 51.9 Å². The van der Waals surface area contributed by atoms with Crippen LogP contribution in [0.1, 0.15) is 5.76 Å². The van der Waals surface area contributed by atoms with Crippen molar-refractivity contribution in [2.45, 2.75) is 0 Å². The SMILES string of the molecule is N#C/C(=C/c1ccc(-c2cccc(Cl)c2)o1)C(=O)Nc1ccc(I)cc1. The van der Waals surface area contributed by atoms with Crippen molar-refractivity contribution in [2.75, 3.05) is 5.32 Å². The zero-order valence-electron chi connectivity index (χ0n) is 13.4. The van der Waals surface area contributed by atoms with Crippen LogP contribution in [0.5, 0.6) is 0 Å². The van der Waals surface area contributed by atoms with Crippen LogP contribution in [-0.4, -0.2) is 5.91 Å². The molecule has 0 saturated carbocycles. The van der Waals surface area contributed by atoms with Gasteiger partial charge in [0.25, 0.3) is 5.91 Å². The minimum Gasteiger partial charge on any atom is -0.457 e. The molecule has 0 atom stereocenters. The van der Waals surface area contributed by atoms with Gasteiger partial charge in [0.15, 0.2) is 0 Å². The van der Waals surface area contributed by atoms with Crippen molar-refractivity contribution in [1.29, 1.82) is 5.26 Å². The number of halogens is 2. The molecule has 26 heavy (non-hydrogen) atoms. The number of rotatable bonds is 4. The molecule has 3 rings (SSSR count). The summed E-state index contributed by atoms with van der Waals surface area (Å²) in [6.45, 7) is 0. The number of carbonyl (C=O) groups excluding carboxylic acids is 1. The lowest BCUT2D eigenvalue weighted by molar-refractivity contribution is -0.112. The summed E-state index contributed by atoms with van der Waals surface area (Å²) in [5.74, 6) is 0.526. The summed E-state index contributed by atoms with van der Waals surface area (Å²) in [5, 5.41) is 12.6. The lowest BCUT2D eigenvalue weighted by Crippen LogP contribution is -2.13. The molecule has 1 N–H and O–H groups in total. The van der Waals surface area contributed by atoms with E-state index in [9.17, 15) is 10.1 Å². The molecule has 1 heterocycles. The summed E-state index contributed by atoms with van der Waals surface area (Å²) >= 11 is 8.16. The lowest BCUT2D eigenvalue weighted by atomic mass is 10.2. The van der Waals surface area contributed by atoms with E-state index in [0.717, 1.165) is 9.13 Å². The number of furan rings is 1. The summed E-state index contributed by atoms with van der Waals surface area (Å²) in [5.41, 5.74) is 1.39. The molecule has 0 aliphatic carbocycles. The molecule has 1 aromatic heterocycles. The number of hydrogen-bond acceptors (Lipinski definition) is 3. The van der Waals surface area contributed by atoms with Gasteiger partial charge < -0.3 is 9.73 Å². The summed E-state index contributed by atoms with van der Waals surface area (Å²) < 4.78 is 6.76. The van der Waals surface area contributed by atoms with E-state index >= 15 is 0 Å². The second-order valence-corrected chi connectivity index (χ2v) is 7.03. The summed E-state index contributed by atoms with van der Waals surface area (Å²) in [6, 6.07) is 19.9. The van der Waals surface area contributed by atoms with Crippen LogP contribution in [0.3, 0.4) is 0 Å². The fourth-order valence-electron chi connectivity index (χ4n) is 2.25. The molecule has 0 aliphatic heterocycles. The Kier molecular flexibility index (Phi) is 5.76. The van der Waals surface area contributed by atoms with E-state index in [-0.39, 0.29) is 5.57 Å². The molecule has 0 radical (unpaired) electrons. The van der Waals surface area contributed by atoms with Crippen LogP contribution >= 0.6 is 34.2 Å². The first kappa shape index (κ1) is 18.2. The van der Waals surface area contributed by atoms with Crippen LogP contribution in [0.2, 0.25) is 5.02 Å². The first-order valence-corrected chi connectivity index (χ1v) is 9.05. The van der Waals surface area contributed by atoms with E-state index in [1.165, 1.54) is 6.08 Å². The van der Waals surface area contributed by atoms with Crippen LogP contribution < -0.4 is 5.32 Å². The average molecular weight is 475 g/mol. The van der Waals surface area contributed by atoms with Crippen LogP contribution in [0.15, 0.2) is 70.7 Å². The van der Waals surface area contributed by atoms with Gasteiger partial charge in [0.1, 0.15) is 23.2 Å². The van der Waals surface area contributed by atoms with E-state index in [1.54, 1.807) is 36.4 Å². The highest BCUT2D eigenvalue weighted by Gasteiger charge is 2.11. The van der Waals surface area contributed by atoms with Crippen molar-refractivity contribution in [1.82, 2.24) is 0 Å². The highest BCUT2D eigenvalue weighted by atomic mass is 127. The Morgan fingerprint density at radius 3 is 2.62 bits per heavy atom. The molecule has 4 nitrogen and oxygen atoms in total. The van der Waals surface area contributed by atoms with Gasteiger partial charge in [0.2, 0.25) is 0 Å². The summed E-state index contributed by atoms with van der Waals surface area (Å²) in [4.78, 5) is 12.3. The van der Waals surface area contributed by atoms with Gasteiger partial charge in [0, 0.05) is 25.9 Å². The van der Waals surface area contributed by atoms with Crippen molar-refractivity contribution < 1.29 is 9.21 Å². The molecule has 0 spiro atoms. The van der Waals surface area contributed by atoms with Crippen molar-refractivity contribution in [3.63, 3.8) is 0 Å². The fourth-order valence-corrected chi connectivity index (χ4v) is 2.80. The molecule has 3 aromatic rings. The minimum atomic E-state index is -0.491. The summed E-state index contributed by atoms with van der Waals surface area (Å²) in [6.07, 6.45) is 1.41. The molecule has 128 valence electrons. The van der Waals surface area contributed by atoms with Crippen LogP contribution in [-0.2, 0) is 4.79 Å². The second-order valence-electron chi connectivity index (χ2n) is 5.34. The molecule has 0 aliphatic rings. The zero-order chi connectivity index (χ0) is 18.5. The van der Waals surface area contributed by atoms with E-state index in [2.05, 4.69) is 27.9 Å². The number of benzene rings is 2. The standard InChI is InChI=1S/C20H12ClIN2O2/c21-15-3-1-2-13(10-15)19-9-8-18(26-19)11-14(12-23)20(25)24-17-6-4-16(22)5-7-17/h1-11H,(H,24,25)/b14-11-. The van der Waals surface area contributed by atoms with Crippen molar-refractivity contribution in [3.8, 4) is 17.4 Å². The monoisotopic (exact) mass is 474 g/mol. The zero-order valence-corrected chi connectivity index (χ0v) is 16.3. The van der Waals surface area contributed by atoms with E-state index in [0.29, 0.717) is 22.2 Å². The maximum atomic E-state index is 12.3. The Hall–Kier alpha value is -2.56. The normalized spacial score (nSPS) is 11.0. The smallest absolute Gasteiger partial charge is 0.266 e. The lowest BCUT2D eigenvalue weighted by Gasteiger charge is -2.03. The molecule has 0 saturated heterocycles. The highest BCUT2D eigenvalue weighted by molar-refractivity contribution is 14.1. The van der Waals surface area contributed by atoms with Crippen LogP contribution in [0.25, 0.3) is 17.4 Å². The number of carbonyl (C=O) groups is 1. The van der Waals surface area contributed by atoms with Crippen LogP contribution in [0, 0.1) is 14.9 Å². The molecule has 0 unspecified atom stereocenters. The largest absolute Gasteiger partial charge is 0.457 e. The van der Waals surface area contributed by atoms with Gasteiger partial charge in [-0.25, -0.2) is 0 Å². The molecular weight excluding hydrogens is 463 g/mol. The first-order valence-electron chi connectivity index (χ1n) is 7.59. The molecule has 0 fully saturated rings. The minimum absolute atomic E-state index is 0.0458. The van der Waals surface area contributed by atoms with Crippen molar-refractivity contribution in [2.24, 2.45) is 0 Å². The third kappa shape index (κ3) is 4.54. The van der Waals surface area contributed by atoms with Gasteiger partial charge in [0.05, 0.1) is 0 Å². The third-order valence-electron chi connectivity index (χ3n) is 3.49. The molecule has 2 aromatic carbocycles. The van der Waals surface area contributed by atoms with Crippen molar-refractivity contribution in [3.05, 3.63) is 80.6 Å². The van der Waals surface area contributed by atoms with E-state index < -0.39 is 5.91 Å². The number of amides is 1. The first-order chi connectivity index (χ1) is 12.5. The number of hydrogen-bond donors (Lipinski definition) is 1. The molecule has 1 amide bonds. The van der Waals surface area contributed by atoms with Gasteiger partial charge in [-0.05, 0) is 71.1 Å². The predicted octanol–water partition coefficient (Wildman–Crippen LogP) is 5.75.